The van der Waals surface area contributed by atoms with Gasteiger partial charge in [-0.15, -0.1) is 0 Å². The van der Waals surface area contributed by atoms with Gasteiger partial charge in [0.2, 0.25) is 0 Å². The molecule has 0 spiro atoms. The van der Waals surface area contributed by atoms with Crippen LogP contribution in [0.2, 0.25) is 0 Å². The fraction of sp³-hybridized carbons (Fsp3) is 0.600. The monoisotopic (exact) mass is 303 g/mol. The SMILES string of the molecule is FC(F)(F)Sc1ccc(CNC2CCCCCC2)cc1. The zero-order valence-electron chi connectivity index (χ0n) is 11.4. The van der Waals surface area contributed by atoms with Gasteiger partial charge in [0.1, 0.15) is 0 Å². The fourth-order valence-electron chi connectivity index (χ4n) is 2.55. The van der Waals surface area contributed by atoms with Crippen molar-refractivity contribution in [1.29, 1.82) is 0 Å². The van der Waals surface area contributed by atoms with Gasteiger partial charge in [-0.1, -0.05) is 37.8 Å². The summed E-state index contributed by atoms with van der Waals surface area (Å²) in [6, 6.07) is 7.20. The largest absolute Gasteiger partial charge is 0.446 e. The Morgan fingerprint density at radius 1 is 1.00 bits per heavy atom. The van der Waals surface area contributed by atoms with Gasteiger partial charge in [0, 0.05) is 17.5 Å². The second kappa shape index (κ2) is 7.36. The van der Waals surface area contributed by atoms with E-state index in [0.717, 1.165) is 12.1 Å². The number of thioether (sulfide) groups is 1. The van der Waals surface area contributed by atoms with Gasteiger partial charge in [-0.25, -0.2) is 0 Å². The van der Waals surface area contributed by atoms with Crippen LogP contribution in [-0.4, -0.2) is 11.6 Å². The second-order valence-corrected chi connectivity index (χ2v) is 6.40. The normalized spacial score (nSPS) is 17.9. The van der Waals surface area contributed by atoms with Gasteiger partial charge in [-0.2, -0.15) is 13.2 Å². The summed E-state index contributed by atoms with van der Waals surface area (Å²) in [4.78, 5) is 0.246. The molecule has 1 aromatic carbocycles. The molecular weight excluding hydrogens is 283 g/mol. The van der Waals surface area contributed by atoms with Crippen molar-refractivity contribution in [3.8, 4) is 0 Å². The first kappa shape index (κ1) is 15.7. The van der Waals surface area contributed by atoms with Crippen molar-refractivity contribution in [3.63, 3.8) is 0 Å². The van der Waals surface area contributed by atoms with E-state index in [1.54, 1.807) is 24.3 Å². The highest BCUT2D eigenvalue weighted by atomic mass is 32.2. The van der Waals surface area contributed by atoms with E-state index in [9.17, 15) is 13.2 Å². The molecule has 0 amide bonds. The molecule has 1 aliphatic carbocycles. The number of halogens is 3. The average molecular weight is 303 g/mol. The number of alkyl halides is 3. The number of hydrogen-bond donors (Lipinski definition) is 1. The maximum absolute atomic E-state index is 12.2. The van der Waals surface area contributed by atoms with E-state index in [0.29, 0.717) is 6.04 Å². The van der Waals surface area contributed by atoms with Crippen LogP contribution in [0.3, 0.4) is 0 Å². The molecule has 0 saturated heterocycles. The van der Waals surface area contributed by atoms with Crippen LogP contribution in [0.15, 0.2) is 29.2 Å². The Bertz CT molecular complexity index is 395. The maximum atomic E-state index is 12.2. The number of hydrogen-bond acceptors (Lipinski definition) is 2. The Balaban J connectivity index is 1.81. The summed E-state index contributed by atoms with van der Waals surface area (Å²) in [5.41, 5.74) is -3.17. The third-order valence-corrected chi connectivity index (χ3v) is 4.35. The van der Waals surface area contributed by atoms with Crippen molar-refractivity contribution in [1.82, 2.24) is 5.32 Å². The fourth-order valence-corrected chi connectivity index (χ4v) is 3.09. The van der Waals surface area contributed by atoms with E-state index in [1.165, 1.54) is 38.5 Å². The lowest BCUT2D eigenvalue weighted by atomic mass is 10.1. The van der Waals surface area contributed by atoms with E-state index >= 15 is 0 Å². The van der Waals surface area contributed by atoms with Crippen LogP contribution in [-0.2, 0) is 6.54 Å². The zero-order valence-corrected chi connectivity index (χ0v) is 12.2. The molecule has 1 fully saturated rings. The molecule has 1 aromatic rings. The van der Waals surface area contributed by atoms with E-state index in [4.69, 9.17) is 0 Å². The molecular formula is C15H20F3NS. The summed E-state index contributed by atoms with van der Waals surface area (Å²) in [6.45, 7) is 0.738. The molecule has 112 valence electrons. The van der Waals surface area contributed by atoms with Gasteiger partial charge in [0.15, 0.2) is 0 Å². The number of nitrogens with one attached hydrogen (secondary N) is 1. The summed E-state index contributed by atoms with van der Waals surface area (Å²) in [6.07, 6.45) is 7.62. The van der Waals surface area contributed by atoms with Crippen LogP contribution < -0.4 is 5.32 Å². The Kier molecular flexibility index (Phi) is 5.78. The molecule has 5 heteroatoms. The summed E-state index contributed by atoms with van der Waals surface area (Å²) >= 11 is -0.0621. The van der Waals surface area contributed by atoms with E-state index in [2.05, 4.69) is 5.32 Å². The molecule has 1 nitrogen and oxygen atoms in total. The molecule has 0 heterocycles. The van der Waals surface area contributed by atoms with Crippen LogP contribution in [0.5, 0.6) is 0 Å². The van der Waals surface area contributed by atoms with Gasteiger partial charge < -0.3 is 5.32 Å². The Hall–Kier alpha value is -0.680. The van der Waals surface area contributed by atoms with Crippen LogP contribution >= 0.6 is 11.8 Å². The lowest BCUT2D eigenvalue weighted by Gasteiger charge is -2.16. The first-order valence-electron chi connectivity index (χ1n) is 7.11. The first-order valence-corrected chi connectivity index (χ1v) is 7.93. The van der Waals surface area contributed by atoms with Gasteiger partial charge in [-0.05, 0) is 42.3 Å². The summed E-state index contributed by atoms with van der Waals surface area (Å²) in [7, 11) is 0. The lowest BCUT2D eigenvalue weighted by molar-refractivity contribution is -0.0328. The predicted molar refractivity (Wildman–Crippen MR) is 76.7 cm³/mol. The van der Waals surface area contributed by atoms with Crippen molar-refractivity contribution >= 4 is 11.8 Å². The van der Waals surface area contributed by atoms with Crippen molar-refractivity contribution in [2.75, 3.05) is 0 Å². The van der Waals surface area contributed by atoms with Crippen LogP contribution in [0.4, 0.5) is 13.2 Å². The minimum Gasteiger partial charge on any atom is -0.310 e. The van der Waals surface area contributed by atoms with E-state index in [1.807, 2.05) is 0 Å². The summed E-state index contributed by atoms with van der Waals surface area (Å²) in [5.74, 6) is 0. The average Bonchev–Trinajstić information content (AvgIpc) is 2.65. The third-order valence-electron chi connectivity index (χ3n) is 3.61. The van der Waals surface area contributed by atoms with Crippen molar-refractivity contribution < 1.29 is 13.2 Å². The smallest absolute Gasteiger partial charge is 0.310 e. The van der Waals surface area contributed by atoms with Crippen LogP contribution in [0.25, 0.3) is 0 Å². The maximum Gasteiger partial charge on any atom is 0.446 e. The molecule has 1 aliphatic rings. The summed E-state index contributed by atoms with van der Waals surface area (Å²) < 4.78 is 36.7. The zero-order chi connectivity index (χ0) is 14.4. The first-order chi connectivity index (χ1) is 9.53. The van der Waals surface area contributed by atoms with Crippen LogP contribution in [0, 0.1) is 0 Å². The van der Waals surface area contributed by atoms with Gasteiger partial charge in [-0.3, -0.25) is 0 Å². The van der Waals surface area contributed by atoms with Crippen molar-refractivity contribution in [2.24, 2.45) is 0 Å². The molecule has 20 heavy (non-hydrogen) atoms. The van der Waals surface area contributed by atoms with E-state index < -0.39 is 5.51 Å². The molecule has 1 saturated carbocycles. The molecule has 2 rings (SSSR count). The van der Waals surface area contributed by atoms with E-state index in [-0.39, 0.29) is 16.7 Å². The summed E-state index contributed by atoms with van der Waals surface area (Å²) in [5, 5.41) is 3.52. The standard InChI is InChI=1S/C15H20F3NS/c16-15(17,18)20-14-9-7-12(8-10-14)11-19-13-5-3-1-2-4-6-13/h7-10,13,19H,1-6,11H2. The molecule has 0 atom stereocenters. The molecule has 0 radical (unpaired) electrons. The molecule has 0 aliphatic heterocycles. The number of rotatable bonds is 4. The highest BCUT2D eigenvalue weighted by Crippen LogP contribution is 2.36. The number of benzene rings is 1. The second-order valence-electron chi connectivity index (χ2n) is 5.26. The predicted octanol–water partition coefficient (Wildman–Crippen LogP) is 5.11. The molecule has 1 N–H and O–H groups in total. The van der Waals surface area contributed by atoms with Gasteiger partial charge >= 0.3 is 5.51 Å². The third kappa shape index (κ3) is 5.75. The Morgan fingerprint density at radius 3 is 2.15 bits per heavy atom. The van der Waals surface area contributed by atoms with Crippen LogP contribution in [0.1, 0.15) is 44.1 Å². The quantitative estimate of drug-likeness (QED) is 0.612. The Labute approximate surface area is 122 Å². The molecule has 0 unspecified atom stereocenters. The highest BCUT2D eigenvalue weighted by molar-refractivity contribution is 8.00. The lowest BCUT2D eigenvalue weighted by Crippen LogP contribution is -2.27. The molecule has 0 bridgehead atoms. The molecule has 0 aromatic heterocycles. The van der Waals surface area contributed by atoms with Crippen molar-refractivity contribution in [2.45, 2.75) is 61.5 Å². The van der Waals surface area contributed by atoms with Gasteiger partial charge in [0.25, 0.3) is 0 Å². The Morgan fingerprint density at radius 2 is 1.60 bits per heavy atom. The van der Waals surface area contributed by atoms with Crippen molar-refractivity contribution in [3.05, 3.63) is 29.8 Å². The minimum atomic E-state index is -4.21. The minimum absolute atomic E-state index is 0.0621. The van der Waals surface area contributed by atoms with Gasteiger partial charge in [0.05, 0.1) is 0 Å². The highest BCUT2D eigenvalue weighted by Gasteiger charge is 2.28. The topological polar surface area (TPSA) is 12.0 Å².